The van der Waals surface area contributed by atoms with E-state index in [4.69, 9.17) is 18.9 Å². The maximum Gasteiger partial charge on any atom is 0.187 e. The molecule has 2 N–H and O–H groups in total. The molecule has 0 aliphatic carbocycles. The molecule has 5 atom stereocenters. The summed E-state index contributed by atoms with van der Waals surface area (Å²) in [6, 6.07) is 29.2. The molecule has 3 aromatic carbocycles. The molecule has 0 saturated carbocycles. The monoisotopic (exact) mass is 450 g/mol. The Labute approximate surface area is 194 Å². The number of hydrogen-bond donors (Lipinski definition) is 2. The van der Waals surface area contributed by atoms with Gasteiger partial charge in [0.1, 0.15) is 24.4 Å². The van der Waals surface area contributed by atoms with Crippen LogP contribution >= 0.6 is 0 Å². The quantitative estimate of drug-likeness (QED) is 0.493. The highest BCUT2D eigenvalue weighted by molar-refractivity contribution is 5.15. The summed E-state index contributed by atoms with van der Waals surface area (Å²) in [4.78, 5) is 0. The lowest BCUT2D eigenvalue weighted by atomic mass is 9.98. The van der Waals surface area contributed by atoms with E-state index in [9.17, 15) is 10.2 Å². The minimum Gasteiger partial charge on any atom is -0.394 e. The maximum absolute atomic E-state index is 10.9. The van der Waals surface area contributed by atoms with Crippen LogP contribution in [0.5, 0.6) is 0 Å². The van der Waals surface area contributed by atoms with Gasteiger partial charge in [-0.2, -0.15) is 0 Å². The largest absolute Gasteiger partial charge is 0.394 e. The van der Waals surface area contributed by atoms with E-state index in [0.29, 0.717) is 13.2 Å². The number of rotatable bonds is 10. The van der Waals surface area contributed by atoms with Gasteiger partial charge in [0.05, 0.1) is 26.4 Å². The van der Waals surface area contributed by atoms with E-state index in [1.807, 2.05) is 91.0 Å². The van der Waals surface area contributed by atoms with Crippen molar-refractivity contribution in [2.75, 3.05) is 6.61 Å². The van der Waals surface area contributed by atoms with E-state index in [2.05, 4.69) is 0 Å². The first kappa shape index (κ1) is 23.6. The molecule has 0 bridgehead atoms. The molecule has 6 heteroatoms. The second kappa shape index (κ2) is 12.0. The number of hydrogen-bond acceptors (Lipinski definition) is 6. The molecule has 3 aromatic rings. The molecule has 174 valence electrons. The first-order valence-electron chi connectivity index (χ1n) is 11.2. The van der Waals surface area contributed by atoms with Gasteiger partial charge in [0.25, 0.3) is 0 Å². The topological polar surface area (TPSA) is 77.4 Å². The average molecular weight is 451 g/mol. The third kappa shape index (κ3) is 6.48. The zero-order valence-corrected chi connectivity index (χ0v) is 18.4. The van der Waals surface area contributed by atoms with Crippen molar-refractivity contribution < 1.29 is 29.2 Å². The van der Waals surface area contributed by atoms with Crippen molar-refractivity contribution in [1.82, 2.24) is 0 Å². The van der Waals surface area contributed by atoms with Gasteiger partial charge in [0, 0.05) is 0 Å². The Hall–Kier alpha value is -2.58. The molecular weight excluding hydrogens is 420 g/mol. The zero-order chi connectivity index (χ0) is 22.9. The molecule has 1 heterocycles. The summed E-state index contributed by atoms with van der Waals surface area (Å²) in [5.74, 6) is 0. The van der Waals surface area contributed by atoms with Gasteiger partial charge in [-0.3, -0.25) is 0 Å². The lowest BCUT2D eigenvalue weighted by Gasteiger charge is -2.43. The molecular formula is C27H30O6. The second-order valence-corrected chi connectivity index (χ2v) is 8.04. The molecule has 0 spiro atoms. The van der Waals surface area contributed by atoms with Gasteiger partial charge in [0.15, 0.2) is 6.29 Å². The van der Waals surface area contributed by atoms with Crippen molar-refractivity contribution in [2.24, 2.45) is 0 Å². The highest BCUT2D eigenvalue weighted by atomic mass is 16.7. The van der Waals surface area contributed by atoms with Gasteiger partial charge in [-0.25, -0.2) is 0 Å². The van der Waals surface area contributed by atoms with Gasteiger partial charge < -0.3 is 29.2 Å². The van der Waals surface area contributed by atoms with E-state index >= 15 is 0 Å². The summed E-state index contributed by atoms with van der Waals surface area (Å²) in [5, 5.41) is 20.8. The predicted octanol–water partition coefficient (Wildman–Crippen LogP) is 3.45. The van der Waals surface area contributed by atoms with Gasteiger partial charge in [-0.1, -0.05) is 91.0 Å². The lowest BCUT2D eigenvalue weighted by Crippen LogP contribution is -2.60. The van der Waals surface area contributed by atoms with Crippen molar-refractivity contribution in [2.45, 2.75) is 50.5 Å². The van der Waals surface area contributed by atoms with Gasteiger partial charge >= 0.3 is 0 Å². The summed E-state index contributed by atoms with van der Waals surface area (Å²) < 4.78 is 24.4. The molecule has 0 aromatic heterocycles. The fourth-order valence-electron chi connectivity index (χ4n) is 3.83. The number of benzene rings is 3. The lowest BCUT2D eigenvalue weighted by molar-refractivity contribution is -0.322. The predicted molar refractivity (Wildman–Crippen MR) is 123 cm³/mol. The van der Waals surface area contributed by atoms with E-state index in [1.54, 1.807) is 0 Å². The van der Waals surface area contributed by atoms with Crippen LogP contribution in [0.25, 0.3) is 0 Å². The van der Waals surface area contributed by atoms with Crippen molar-refractivity contribution >= 4 is 0 Å². The molecule has 1 unspecified atom stereocenters. The van der Waals surface area contributed by atoms with Crippen LogP contribution in [0.2, 0.25) is 0 Å². The van der Waals surface area contributed by atoms with Crippen LogP contribution in [0, 0.1) is 0 Å². The molecule has 1 saturated heterocycles. The summed E-state index contributed by atoms with van der Waals surface area (Å²) >= 11 is 0. The smallest absolute Gasteiger partial charge is 0.187 e. The van der Waals surface area contributed by atoms with Crippen LogP contribution in [-0.4, -0.2) is 47.5 Å². The molecule has 0 radical (unpaired) electrons. The minimum absolute atomic E-state index is 0.289. The number of aliphatic hydroxyl groups excluding tert-OH is 2. The Bertz CT molecular complexity index is 937. The summed E-state index contributed by atoms with van der Waals surface area (Å²) in [6.45, 7) is 0.540. The SMILES string of the molecule is OC[C@H]1OC(OCc2ccccc2)[C@H](OCc2ccccc2)[C@@H](OCc2ccccc2)[C@H]1O. The van der Waals surface area contributed by atoms with Crippen LogP contribution in [0.15, 0.2) is 91.0 Å². The van der Waals surface area contributed by atoms with Gasteiger partial charge in [0.2, 0.25) is 0 Å². The van der Waals surface area contributed by atoms with E-state index in [0.717, 1.165) is 16.7 Å². The second-order valence-electron chi connectivity index (χ2n) is 8.04. The van der Waals surface area contributed by atoms with Crippen molar-refractivity contribution in [3.05, 3.63) is 108 Å². The van der Waals surface area contributed by atoms with Crippen LogP contribution in [0.3, 0.4) is 0 Å². The maximum atomic E-state index is 10.9. The Morgan fingerprint density at radius 2 is 1.03 bits per heavy atom. The normalized spacial score (nSPS) is 25.1. The molecule has 6 nitrogen and oxygen atoms in total. The van der Waals surface area contributed by atoms with E-state index in [-0.39, 0.29) is 13.2 Å². The molecule has 1 aliphatic heterocycles. The first-order valence-corrected chi connectivity index (χ1v) is 11.2. The molecule has 0 amide bonds. The number of ether oxygens (including phenoxy) is 4. The highest BCUT2D eigenvalue weighted by Gasteiger charge is 2.47. The van der Waals surface area contributed by atoms with Crippen molar-refractivity contribution in [3.8, 4) is 0 Å². The first-order chi connectivity index (χ1) is 16.2. The summed E-state index contributed by atoms with van der Waals surface area (Å²) in [5.41, 5.74) is 2.94. The molecule has 33 heavy (non-hydrogen) atoms. The van der Waals surface area contributed by atoms with Crippen LogP contribution in [0.1, 0.15) is 16.7 Å². The number of aliphatic hydroxyl groups is 2. The fraction of sp³-hybridized carbons (Fsp3) is 0.333. The third-order valence-corrected chi connectivity index (χ3v) is 5.63. The Morgan fingerprint density at radius 1 is 0.606 bits per heavy atom. The average Bonchev–Trinajstić information content (AvgIpc) is 2.88. The zero-order valence-electron chi connectivity index (χ0n) is 18.4. The Balaban J connectivity index is 1.52. The molecule has 4 rings (SSSR count). The standard InChI is InChI=1S/C27H30O6/c28-16-23-24(29)25(30-17-20-10-4-1-5-11-20)26(31-18-21-12-6-2-7-13-21)27(33-23)32-19-22-14-8-3-9-15-22/h1-15,23-29H,16-19H2/t23-,24+,25+,26-,27?/m1/s1. The van der Waals surface area contributed by atoms with Crippen LogP contribution < -0.4 is 0 Å². The van der Waals surface area contributed by atoms with Crippen molar-refractivity contribution in [1.29, 1.82) is 0 Å². The Morgan fingerprint density at radius 3 is 1.48 bits per heavy atom. The van der Waals surface area contributed by atoms with Crippen molar-refractivity contribution in [3.63, 3.8) is 0 Å². The summed E-state index contributed by atoms with van der Waals surface area (Å²) in [6.07, 6.45) is -4.19. The fourth-order valence-corrected chi connectivity index (χ4v) is 3.83. The third-order valence-electron chi connectivity index (χ3n) is 5.63. The summed E-state index contributed by atoms with van der Waals surface area (Å²) in [7, 11) is 0. The minimum atomic E-state index is -1.07. The van der Waals surface area contributed by atoms with Crippen LogP contribution in [0.4, 0.5) is 0 Å². The molecule has 1 aliphatic rings. The van der Waals surface area contributed by atoms with Gasteiger partial charge in [-0.05, 0) is 16.7 Å². The van der Waals surface area contributed by atoms with Gasteiger partial charge in [-0.15, -0.1) is 0 Å². The molecule has 1 fully saturated rings. The Kier molecular flexibility index (Phi) is 8.60. The van der Waals surface area contributed by atoms with E-state index < -0.39 is 30.7 Å². The van der Waals surface area contributed by atoms with Crippen LogP contribution in [-0.2, 0) is 38.8 Å². The van der Waals surface area contributed by atoms with E-state index in [1.165, 1.54) is 0 Å². The highest BCUT2D eigenvalue weighted by Crippen LogP contribution is 2.29.